The normalized spacial score (nSPS) is 11.3. The maximum Gasteiger partial charge on any atom is 0.435 e. The lowest BCUT2D eigenvalue weighted by atomic mass is 10.1. The summed E-state index contributed by atoms with van der Waals surface area (Å²) in [5.74, 6) is 0.470. The van der Waals surface area contributed by atoms with E-state index in [9.17, 15) is 18.0 Å². The standard InChI is InChI=1S/C20H18F3N3O3S/c1-30-16-8-4-14(5-9-16)26-17(12-18(25-26)20(21,22)23)13-2-6-15(7-3-13)29-11-10-24-19(27)28/h2-9,12,24H,10-11H2,1H3,(H,27,28). The lowest BCUT2D eigenvalue weighted by Crippen LogP contribution is -2.26. The molecule has 0 aliphatic carbocycles. The van der Waals surface area contributed by atoms with Gasteiger partial charge in [-0.2, -0.15) is 18.3 Å². The zero-order valence-corrected chi connectivity index (χ0v) is 16.6. The first kappa shape index (κ1) is 21.6. The number of benzene rings is 2. The zero-order valence-electron chi connectivity index (χ0n) is 15.8. The highest BCUT2D eigenvalue weighted by Gasteiger charge is 2.35. The summed E-state index contributed by atoms with van der Waals surface area (Å²) in [6.45, 7) is 0.244. The Morgan fingerprint density at radius 3 is 2.40 bits per heavy atom. The van der Waals surface area contributed by atoms with Crippen molar-refractivity contribution in [1.29, 1.82) is 0 Å². The van der Waals surface area contributed by atoms with Gasteiger partial charge in [-0.25, -0.2) is 9.48 Å². The number of hydrogen-bond acceptors (Lipinski definition) is 4. The molecule has 0 aliphatic heterocycles. The van der Waals surface area contributed by atoms with Crippen LogP contribution < -0.4 is 10.1 Å². The van der Waals surface area contributed by atoms with Crippen LogP contribution in [0.4, 0.5) is 18.0 Å². The molecule has 6 nitrogen and oxygen atoms in total. The van der Waals surface area contributed by atoms with Gasteiger partial charge in [0.05, 0.1) is 17.9 Å². The van der Waals surface area contributed by atoms with Gasteiger partial charge in [0.2, 0.25) is 0 Å². The molecular formula is C20H18F3N3O3S. The number of halogens is 3. The van der Waals surface area contributed by atoms with E-state index in [0.717, 1.165) is 11.0 Å². The van der Waals surface area contributed by atoms with Crippen molar-refractivity contribution >= 4 is 17.9 Å². The molecule has 1 heterocycles. The summed E-state index contributed by atoms with van der Waals surface area (Å²) in [5.41, 5.74) is 0.353. The number of amides is 1. The molecule has 30 heavy (non-hydrogen) atoms. The number of carboxylic acid groups (broad SMARTS) is 1. The highest BCUT2D eigenvalue weighted by atomic mass is 32.2. The van der Waals surface area contributed by atoms with E-state index in [0.29, 0.717) is 22.7 Å². The highest BCUT2D eigenvalue weighted by molar-refractivity contribution is 7.98. The summed E-state index contributed by atoms with van der Waals surface area (Å²) in [6, 6.07) is 14.6. The second-order valence-electron chi connectivity index (χ2n) is 6.13. The second-order valence-corrected chi connectivity index (χ2v) is 7.01. The molecule has 0 unspecified atom stereocenters. The van der Waals surface area contributed by atoms with Crippen LogP contribution >= 0.6 is 11.8 Å². The van der Waals surface area contributed by atoms with Gasteiger partial charge in [-0.15, -0.1) is 11.8 Å². The SMILES string of the molecule is CSc1ccc(-n2nc(C(F)(F)F)cc2-c2ccc(OCCNC(=O)O)cc2)cc1. The van der Waals surface area contributed by atoms with E-state index in [-0.39, 0.29) is 13.2 Å². The van der Waals surface area contributed by atoms with Crippen molar-refractivity contribution in [3.05, 3.63) is 60.3 Å². The van der Waals surface area contributed by atoms with Gasteiger partial charge >= 0.3 is 12.3 Å². The van der Waals surface area contributed by atoms with Crippen LogP contribution in [0.3, 0.4) is 0 Å². The second kappa shape index (κ2) is 9.12. The fraction of sp³-hybridized carbons (Fsp3) is 0.200. The molecule has 0 saturated heterocycles. The summed E-state index contributed by atoms with van der Waals surface area (Å²) >= 11 is 1.53. The van der Waals surface area contributed by atoms with Crippen LogP contribution in [-0.4, -0.2) is 40.4 Å². The van der Waals surface area contributed by atoms with Gasteiger partial charge in [0.15, 0.2) is 5.69 Å². The van der Waals surface area contributed by atoms with Crippen molar-refractivity contribution < 1.29 is 27.8 Å². The van der Waals surface area contributed by atoms with Crippen molar-refractivity contribution in [2.45, 2.75) is 11.1 Å². The Labute approximate surface area is 174 Å². The molecule has 2 N–H and O–H groups in total. The minimum Gasteiger partial charge on any atom is -0.492 e. The largest absolute Gasteiger partial charge is 0.492 e. The smallest absolute Gasteiger partial charge is 0.435 e. The van der Waals surface area contributed by atoms with Gasteiger partial charge in [-0.05, 0) is 60.9 Å². The first-order valence-corrected chi connectivity index (χ1v) is 10.0. The van der Waals surface area contributed by atoms with Crippen molar-refractivity contribution in [2.24, 2.45) is 0 Å². The van der Waals surface area contributed by atoms with Crippen molar-refractivity contribution in [2.75, 3.05) is 19.4 Å². The van der Waals surface area contributed by atoms with Crippen molar-refractivity contribution in [3.8, 4) is 22.7 Å². The van der Waals surface area contributed by atoms with E-state index in [1.54, 1.807) is 36.4 Å². The Morgan fingerprint density at radius 1 is 1.17 bits per heavy atom. The van der Waals surface area contributed by atoms with Crippen LogP contribution in [0.5, 0.6) is 5.75 Å². The first-order chi connectivity index (χ1) is 14.3. The molecule has 158 valence electrons. The molecular weight excluding hydrogens is 419 g/mol. The van der Waals surface area contributed by atoms with E-state index in [1.165, 1.54) is 16.4 Å². The van der Waals surface area contributed by atoms with E-state index in [1.807, 2.05) is 18.4 Å². The monoisotopic (exact) mass is 437 g/mol. The predicted molar refractivity (Wildman–Crippen MR) is 107 cm³/mol. The number of aromatic nitrogens is 2. The van der Waals surface area contributed by atoms with Gasteiger partial charge in [-0.1, -0.05) is 0 Å². The third-order valence-electron chi connectivity index (χ3n) is 4.11. The number of hydrogen-bond donors (Lipinski definition) is 2. The minimum atomic E-state index is -4.57. The van der Waals surface area contributed by atoms with Crippen molar-refractivity contribution in [1.82, 2.24) is 15.1 Å². The van der Waals surface area contributed by atoms with Gasteiger partial charge in [0.1, 0.15) is 12.4 Å². The molecule has 0 bridgehead atoms. The first-order valence-electron chi connectivity index (χ1n) is 8.79. The molecule has 0 radical (unpaired) electrons. The molecule has 2 aromatic carbocycles. The zero-order chi connectivity index (χ0) is 21.7. The van der Waals surface area contributed by atoms with Crippen LogP contribution in [0.2, 0.25) is 0 Å². The summed E-state index contributed by atoms with van der Waals surface area (Å²) in [7, 11) is 0. The number of carbonyl (C=O) groups is 1. The molecule has 0 saturated carbocycles. The minimum absolute atomic E-state index is 0.116. The quantitative estimate of drug-likeness (QED) is 0.405. The van der Waals surface area contributed by atoms with Gasteiger partial charge < -0.3 is 15.2 Å². The van der Waals surface area contributed by atoms with E-state index in [4.69, 9.17) is 9.84 Å². The highest BCUT2D eigenvalue weighted by Crippen LogP contribution is 2.34. The lowest BCUT2D eigenvalue weighted by Gasteiger charge is -2.10. The summed E-state index contributed by atoms with van der Waals surface area (Å²) < 4.78 is 46.5. The fourth-order valence-corrected chi connectivity index (χ4v) is 3.10. The number of thioether (sulfide) groups is 1. The third-order valence-corrected chi connectivity index (χ3v) is 4.86. The Hall–Kier alpha value is -3.14. The number of alkyl halides is 3. The van der Waals surface area contributed by atoms with Crippen LogP contribution in [-0.2, 0) is 6.18 Å². The van der Waals surface area contributed by atoms with Gasteiger partial charge in [0, 0.05) is 10.5 Å². The van der Waals surface area contributed by atoms with E-state index >= 15 is 0 Å². The number of rotatable bonds is 7. The number of nitrogens with one attached hydrogen (secondary N) is 1. The summed E-state index contributed by atoms with van der Waals surface area (Å²) in [6.07, 6.45) is -3.80. The molecule has 0 spiro atoms. The van der Waals surface area contributed by atoms with E-state index < -0.39 is 18.0 Å². The third kappa shape index (κ3) is 5.26. The van der Waals surface area contributed by atoms with Gasteiger partial charge in [-0.3, -0.25) is 0 Å². The molecule has 3 rings (SSSR count). The Bertz CT molecular complexity index is 1000. The average Bonchev–Trinajstić information content (AvgIpc) is 3.17. The molecule has 0 aliphatic rings. The molecule has 10 heteroatoms. The maximum atomic E-state index is 13.3. The Morgan fingerprint density at radius 2 is 1.83 bits per heavy atom. The van der Waals surface area contributed by atoms with Crippen LogP contribution in [0.15, 0.2) is 59.5 Å². The van der Waals surface area contributed by atoms with Crippen molar-refractivity contribution in [3.63, 3.8) is 0 Å². The Balaban J connectivity index is 1.88. The number of nitrogens with zero attached hydrogens (tertiary/aromatic N) is 2. The predicted octanol–water partition coefficient (Wildman–Crippen LogP) is 4.93. The van der Waals surface area contributed by atoms with Crippen LogP contribution in [0.1, 0.15) is 5.69 Å². The summed E-state index contributed by atoms with van der Waals surface area (Å²) in [5, 5.41) is 14.5. The molecule has 1 aromatic heterocycles. The van der Waals surface area contributed by atoms with Gasteiger partial charge in [0.25, 0.3) is 0 Å². The molecule has 3 aromatic rings. The Kier molecular flexibility index (Phi) is 6.56. The number of ether oxygens (including phenoxy) is 1. The van der Waals surface area contributed by atoms with Crippen LogP contribution in [0.25, 0.3) is 16.9 Å². The lowest BCUT2D eigenvalue weighted by molar-refractivity contribution is -0.141. The average molecular weight is 437 g/mol. The topological polar surface area (TPSA) is 76.4 Å². The molecule has 0 fully saturated rings. The fourth-order valence-electron chi connectivity index (χ4n) is 2.69. The molecule has 0 atom stereocenters. The van der Waals surface area contributed by atoms with Crippen LogP contribution in [0, 0.1) is 0 Å². The summed E-state index contributed by atoms with van der Waals surface area (Å²) in [4.78, 5) is 11.4. The maximum absolute atomic E-state index is 13.3. The van der Waals surface area contributed by atoms with E-state index in [2.05, 4.69) is 10.4 Å². The molecule has 1 amide bonds.